The van der Waals surface area contributed by atoms with Gasteiger partial charge in [0.2, 0.25) is 11.8 Å². The van der Waals surface area contributed by atoms with Crippen LogP contribution in [0.3, 0.4) is 0 Å². The van der Waals surface area contributed by atoms with Crippen LogP contribution in [-0.4, -0.2) is 27.7 Å². The first-order valence-corrected chi connectivity index (χ1v) is 12.8. The summed E-state index contributed by atoms with van der Waals surface area (Å²) in [5.74, 6) is -0.288. The summed E-state index contributed by atoms with van der Waals surface area (Å²) in [6.07, 6.45) is 3.00. The number of aromatic nitrogens is 1. The van der Waals surface area contributed by atoms with E-state index >= 15 is 0 Å². The molecule has 0 spiro atoms. The van der Waals surface area contributed by atoms with Crippen LogP contribution in [0.25, 0.3) is 0 Å². The summed E-state index contributed by atoms with van der Waals surface area (Å²) in [5.41, 5.74) is 3.74. The Hall–Kier alpha value is -3.96. The van der Waals surface area contributed by atoms with Crippen LogP contribution in [-0.2, 0) is 35.5 Å². The Morgan fingerprint density at radius 3 is 2.08 bits per heavy atom. The topological polar surface area (TPSA) is 62.3 Å². The van der Waals surface area contributed by atoms with Crippen molar-refractivity contribution in [3.8, 4) is 0 Å². The van der Waals surface area contributed by atoms with Crippen molar-refractivity contribution in [3.05, 3.63) is 137 Å². The number of aryl methyl sites for hydroxylation is 1. The fraction of sp³-hybridized carbons (Fsp3) is 0.194. The Balaban J connectivity index is 1.60. The van der Waals surface area contributed by atoms with Crippen LogP contribution in [0.2, 0.25) is 5.02 Å². The van der Waals surface area contributed by atoms with Crippen LogP contribution in [0.15, 0.2) is 109 Å². The molecule has 1 aromatic heterocycles. The number of hydrogen-bond acceptors (Lipinski definition) is 3. The van der Waals surface area contributed by atoms with E-state index in [0.29, 0.717) is 30.8 Å². The molecule has 37 heavy (non-hydrogen) atoms. The van der Waals surface area contributed by atoms with E-state index in [1.807, 2.05) is 91.0 Å². The van der Waals surface area contributed by atoms with Crippen molar-refractivity contribution in [1.29, 1.82) is 0 Å². The zero-order valence-corrected chi connectivity index (χ0v) is 21.4. The van der Waals surface area contributed by atoms with Gasteiger partial charge < -0.3 is 10.2 Å². The molecule has 2 amide bonds. The zero-order chi connectivity index (χ0) is 25.9. The van der Waals surface area contributed by atoms with Crippen molar-refractivity contribution >= 4 is 23.4 Å². The highest BCUT2D eigenvalue weighted by Gasteiger charge is 2.30. The van der Waals surface area contributed by atoms with Gasteiger partial charge in [0, 0.05) is 30.6 Å². The van der Waals surface area contributed by atoms with E-state index < -0.39 is 6.04 Å². The predicted octanol–water partition coefficient (Wildman–Crippen LogP) is 5.62. The minimum Gasteiger partial charge on any atom is -0.349 e. The number of amides is 2. The number of rotatable bonds is 11. The number of nitrogens with one attached hydrogen (secondary N) is 1. The summed E-state index contributed by atoms with van der Waals surface area (Å²) in [6.45, 7) is 0.594. The Labute approximate surface area is 223 Å². The quantitative estimate of drug-likeness (QED) is 0.284. The first kappa shape index (κ1) is 26.1. The minimum atomic E-state index is -0.690. The van der Waals surface area contributed by atoms with Gasteiger partial charge in [0.25, 0.3) is 0 Å². The van der Waals surface area contributed by atoms with Gasteiger partial charge >= 0.3 is 0 Å². The Bertz CT molecular complexity index is 1270. The van der Waals surface area contributed by atoms with Crippen molar-refractivity contribution in [2.75, 3.05) is 0 Å². The van der Waals surface area contributed by atoms with E-state index in [-0.39, 0.29) is 18.4 Å². The molecule has 0 bridgehead atoms. The Kier molecular flexibility index (Phi) is 9.44. The third kappa shape index (κ3) is 8.02. The fourth-order valence-electron chi connectivity index (χ4n) is 4.18. The lowest BCUT2D eigenvalue weighted by molar-refractivity contribution is -0.141. The Morgan fingerprint density at radius 1 is 0.784 bits per heavy atom. The highest BCUT2D eigenvalue weighted by Crippen LogP contribution is 2.18. The smallest absolute Gasteiger partial charge is 0.243 e. The van der Waals surface area contributed by atoms with E-state index in [4.69, 9.17) is 11.6 Å². The first-order chi connectivity index (χ1) is 18.1. The molecule has 0 aliphatic carbocycles. The van der Waals surface area contributed by atoms with E-state index in [9.17, 15) is 9.59 Å². The second kappa shape index (κ2) is 13.4. The van der Waals surface area contributed by atoms with E-state index in [1.165, 1.54) is 0 Å². The molecule has 0 unspecified atom stereocenters. The lowest BCUT2D eigenvalue weighted by atomic mass is 10.0. The molecule has 3 aromatic carbocycles. The number of nitrogens with zero attached hydrogens (tertiary/aromatic N) is 2. The second-order valence-electron chi connectivity index (χ2n) is 8.88. The highest BCUT2D eigenvalue weighted by molar-refractivity contribution is 6.30. The van der Waals surface area contributed by atoms with Crippen LogP contribution in [0, 0.1) is 0 Å². The number of benzene rings is 3. The van der Waals surface area contributed by atoms with Gasteiger partial charge in [-0.25, -0.2) is 0 Å². The predicted molar refractivity (Wildman–Crippen MR) is 147 cm³/mol. The maximum atomic E-state index is 13.7. The van der Waals surface area contributed by atoms with Crippen LogP contribution < -0.4 is 5.32 Å². The standard InChI is InChI=1S/C31H30ClN3O2/c32-27-17-14-26(15-18-27)23-35(30(36)19-16-24-9-3-1-4-10-24)29(21-25-11-5-2-6-12-25)31(37)34-22-28-13-7-8-20-33-28/h1-15,17-18,20,29H,16,19,21-23H2,(H,34,37)/t29-/m1/s1. The molecule has 4 rings (SSSR count). The number of pyridine rings is 1. The molecule has 0 aliphatic heterocycles. The average Bonchev–Trinajstić information content (AvgIpc) is 2.95. The minimum absolute atomic E-state index is 0.0762. The summed E-state index contributed by atoms with van der Waals surface area (Å²) in [4.78, 5) is 33.3. The third-order valence-corrected chi connectivity index (χ3v) is 6.43. The van der Waals surface area contributed by atoms with Crippen LogP contribution in [0.1, 0.15) is 28.8 Å². The molecule has 1 atom stereocenters. The number of halogens is 1. The monoisotopic (exact) mass is 511 g/mol. The van der Waals surface area contributed by atoms with E-state index in [2.05, 4.69) is 10.3 Å². The molecule has 1 N–H and O–H groups in total. The van der Waals surface area contributed by atoms with Crippen molar-refractivity contribution in [1.82, 2.24) is 15.2 Å². The van der Waals surface area contributed by atoms with Gasteiger partial charge in [-0.2, -0.15) is 0 Å². The van der Waals surface area contributed by atoms with Crippen LogP contribution in [0.5, 0.6) is 0 Å². The van der Waals surface area contributed by atoms with Gasteiger partial charge in [-0.1, -0.05) is 90.5 Å². The van der Waals surface area contributed by atoms with E-state index in [1.54, 1.807) is 23.2 Å². The largest absolute Gasteiger partial charge is 0.349 e. The fourth-order valence-corrected chi connectivity index (χ4v) is 4.30. The molecule has 0 aliphatic rings. The lowest BCUT2D eigenvalue weighted by Crippen LogP contribution is -2.50. The van der Waals surface area contributed by atoms with Gasteiger partial charge in [-0.3, -0.25) is 14.6 Å². The van der Waals surface area contributed by atoms with Gasteiger partial charge in [-0.15, -0.1) is 0 Å². The summed E-state index contributed by atoms with van der Waals surface area (Å²) < 4.78 is 0. The van der Waals surface area contributed by atoms with Crippen LogP contribution >= 0.6 is 11.6 Å². The number of hydrogen-bond donors (Lipinski definition) is 1. The van der Waals surface area contributed by atoms with Gasteiger partial charge in [0.1, 0.15) is 6.04 Å². The SMILES string of the molecule is O=C(NCc1ccccn1)[C@@H](Cc1ccccc1)N(Cc1ccc(Cl)cc1)C(=O)CCc1ccccc1. The molecule has 5 nitrogen and oxygen atoms in total. The van der Waals surface area contributed by atoms with Crippen molar-refractivity contribution in [3.63, 3.8) is 0 Å². The van der Waals surface area contributed by atoms with E-state index in [0.717, 1.165) is 22.4 Å². The maximum Gasteiger partial charge on any atom is 0.243 e. The summed E-state index contributed by atoms with van der Waals surface area (Å²) in [5, 5.41) is 3.63. The molecule has 0 saturated heterocycles. The summed E-state index contributed by atoms with van der Waals surface area (Å²) in [7, 11) is 0. The molecule has 1 heterocycles. The second-order valence-corrected chi connectivity index (χ2v) is 9.31. The molecule has 4 aromatic rings. The Morgan fingerprint density at radius 2 is 1.43 bits per heavy atom. The van der Waals surface area contributed by atoms with Crippen LogP contribution in [0.4, 0.5) is 0 Å². The summed E-state index contributed by atoms with van der Waals surface area (Å²) in [6, 6.07) is 32.0. The number of carbonyl (C=O) groups excluding carboxylic acids is 2. The third-order valence-electron chi connectivity index (χ3n) is 6.18. The molecular weight excluding hydrogens is 482 g/mol. The molecule has 188 valence electrons. The first-order valence-electron chi connectivity index (χ1n) is 12.4. The van der Waals surface area contributed by atoms with Gasteiger partial charge in [0.15, 0.2) is 0 Å². The highest BCUT2D eigenvalue weighted by atomic mass is 35.5. The molecule has 0 saturated carbocycles. The zero-order valence-electron chi connectivity index (χ0n) is 20.6. The van der Waals surface area contributed by atoms with Crippen molar-refractivity contribution in [2.24, 2.45) is 0 Å². The normalized spacial score (nSPS) is 11.5. The van der Waals surface area contributed by atoms with Crippen molar-refractivity contribution in [2.45, 2.75) is 38.4 Å². The molecule has 0 radical (unpaired) electrons. The lowest BCUT2D eigenvalue weighted by Gasteiger charge is -2.31. The van der Waals surface area contributed by atoms with Gasteiger partial charge in [0.05, 0.1) is 12.2 Å². The maximum absolute atomic E-state index is 13.7. The average molecular weight is 512 g/mol. The summed E-state index contributed by atoms with van der Waals surface area (Å²) >= 11 is 6.10. The molecular formula is C31H30ClN3O2. The van der Waals surface area contributed by atoms with Crippen molar-refractivity contribution < 1.29 is 9.59 Å². The number of carbonyl (C=O) groups is 2. The van der Waals surface area contributed by atoms with Gasteiger partial charge in [-0.05, 0) is 47.4 Å². The molecule has 6 heteroatoms. The molecule has 0 fully saturated rings.